The quantitative estimate of drug-likeness (QED) is 0.335. The third-order valence-electron chi connectivity index (χ3n) is 7.71. The lowest BCUT2D eigenvalue weighted by Gasteiger charge is -2.43. The van der Waals surface area contributed by atoms with Gasteiger partial charge in [0.05, 0.1) is 17.0 Å². The molecule has 1 fully saturated rings. The molecule has 0 heterocycles. The molecule has 34 heavy (non-hydrogen) atoms. The molecule has 2 unspecified atom stereocenters. The zero-order chi connectivity index (χ0) is 24.8. The van der Waals surface area contributed by atoms with E-state index in [0.717, 1.165) is 62.8 Å². The minimum absolute atomic E-state index is 0.212. The molecule has 1 aliphatic carbocycles. The van der Waals surface area contributed by atoms with Gasteiger partial charge in [-0.1, -0.05) is 55.8 Å². The topological polar surface area (TPSA) is 27.0 Å². The summed E-state index contributed by atoms with van der Waals surface area (Å²) in [5.74, 6) is 0.212. The van der Waals surface area contributed by atoms with E-state index in [1.165, 1.54) is 5.56 Å². The maximum atomic E-state index is 13.1. The summed E-state index contributed by atoms with van der Waals surface area (Å²) in [7, 11) is 0. The standard InChI is InChI=1S/C29H37F3N2/c1-4-27(34(22(2)3)20-18-23-9-6-5-7-10-23)17-19-28(21-33,24-11-8-12-24)25-13-15-26(16-14-25)29(30,31)32/h5-7,9-10,13-16,22,24,27H,4,8,11-12,17-20H2,1-3H3. The Morgan fingerprint density at radius 2 is 1.62 bits per heavy atom. The van der Waals surface area contributed by atoms with Crippen molar-refractivity contribution in [3.63, 3.8) is 0 Å². The molecular weight excluding hydrogens is 433 g/mol. The first-order valence-corrected chi connectivity index (χ1v) is 12.6. The number of alkyl halides is 3. The third kappa shape index (κ3) is 6.02. The molecule has 2 nitrogen and oxygen atoms in total. The van der Waals surface area contributed by atoms with E-state index >= 15 is 0 Å². The predicted octanol–water partition coefficient (Wildman–Crippen LogP) is 7.78. The second-order valence-corrected chi connectivity index (χ2v) is 9.95. The largest absolute Gasteiger partial charge is 0.416 e. The summed E-state index contributed by atoms with van der Waals surface area (Å²) in [6.45, 7) is 7.57. The molecule has 1 saturated carbocycles. The van der Waals surface area contributed by atoms with Crippen LogP contribution in [0.1, 0.15) is 76.0 Å². The van der Waals surface area contributed by atoms with Gasteiger partial charge in [0.25, 0.3) is 0 Å². The van der Waals surface area contributed by atoms with E-state index in [0.29, 0.717) is 18.5 Å². The van der Waals surface area contributed by atoms with E-state index in [-0.39, 0.29) is 5.92 Å². The van der Waals surface area contributed by atoms with Gasteiger partial charge in [-0.2, -0.15) is 18.4 Å². The molecule has 1 aliphatic rings. The number of nitrogens with zero attached hydrogens (tertiary/aromatic N) is 2. The van der Waals surface area contributed by atoms with Gasteiger partial charge >= 0.3 is 6.18 Å². The first-order valence-electron chi connectivity index (χ1n) is 12.6. The summed E-state index contributed by atoms with van der Waals surface area (Å²) in [6, 6.07) is 19.1. The average Bonchev–Trinajstić information content (AvgIpc) is 2.79. The smallest absolute Gasteiger partial charge is 0.298 e. The van der Waals surface area contributed by atoms with Crippen LogP contribution in [-0.2, 0) is 18.0 Å². The van der Waals surface area contributed by atoms with Crippen LogP contribution in [0.4, 0.5) is 13.2 Å². The monoisotopic (exact) mass is 470 g/mol. The third-order valence-corrected chi connectivity index (χ3v) is 7.71. The van der Waals surface area contributed by atoms with Gasteiger partial charge in [-0.3, -0.25) is 4.90 Å². The van der Waals surface area contributed by atoms with Crippen LogP contribution in [0.5, 0.6) is 0 Å². The predicted molar refractivity (Wildman–Crippen MR) is 131 cm³/mol. The second-order valence-electron chi connectivity index (χ2n) is 9.95. The lowest BCUT2D eigenvalue weighted by Crippen LogP contribution is -2.44. The summed E-state index contributed by atoms with van der Waals surface area (Å²) in [4.78, 5) is 2.53. The maximum absolute atomic E-state index is 13.1. The Balaban J connectivity index is 1.79. The van der Waals surface area contributed by atoms with Crippen molar-refractivity contribution in [1.29, 1.82) is 5.26 Å². The van der Waals surface area contributed by atoms with E-state index in [4.69, 9.17) is 0 Å². The number of benzene rings is 2. The summed E-state index contributed by atoms with van der Waals surface area (Å²) < 4.78 is 39.4. The highest BCUT2D eigenvalue weighted by Crippen LogP contribution is 2.47. The summed E-state index contributed by atoms with van der Waals surface area (Å²) in [5, 5.41) is 10.4. The summed E-state index contributed by atoms with van der Waals surface area (Å²) >= 11 is 0. The molecule has 0 saturated heterocycles. The van der Waals surface area contributed by atoms with Crippen molar-refractivity contribution in [2.24, 2.45) is 5.92 Å². The van der Waals surface area contributed by atoms with E-state index in [1.54, 1.807) is 12.1 Å². The molecule has 0 aliphatic heterocycles. The number of hydrogen-bond donors (Lipinski definition) is 0. The molecule has 2 aromatic rings. The second kappa shape index (κ2) is 11.4. The van der Waals surface area contributed by atoms with Crippen LogP contribution < -0.4 is 0 Å². The minimum Gasteiger partial charge on any atom is -0.298 e. The Bertz CT molecular complexity index is 927. The number of hydrogen-bond acceptors (Lipinski definition) is 2. The maximum Gasteiger partial charge on any atom is 0.416 e. The number of halogens is 3. The number of rotatable bonds is 11. The highest BCUT2D eigenvalue weighted by molar-refractivity contribution is 5.37. The Hall–Kier alpha value is -2.32. The average molecular weight is 471 g/mol. The van der Waals surface area contributed by atoms with Crippen LogP contribution >= 0.6 is 0 Å². The summed E-state index contributed by atoms with van der Waals surface area (Å²) in [6.07, 6.45) is 2.13. The molecule has 0 spiro atoms. The van der Waals surface area contributed by atoms with Crippen molar-refractivity contribution in [3.8, 4) is 6.07 Å². The van der Waals surface area contributed by atoms with Crippen LogP contribution in [0.15, 0.2) is 54.6 Å². The van der Waals surface area contributed by atoms with Crippen molar-refractivity contribution in [2.45, 2.75) is 89.4 Å². The van der Waals surface area contributed by atoms with Crippen LogP contribution in [0.25, 0.3) is 0 Å². The fourth-order valence-corrected chi connectivity index (χ4v) is 5.42. The van der Waals surface area contributed by atoms with Crippen molar-refractivity contribution in [1.82, 2.24) is 4.90 Å². The minimum atomic E-state index is -4.37. The van der Waals surface area contributed by atoms with Gasteiger partial charge in [-0.25, -0.2) is 0 Å². The molecule has 2 aromatic carbocycles. The van der Waals surface area contributed by atoms with Crippen LogP contribution in [0, 0.1) is 17.2 Å². The molecule has 0 aromatic heterocycles. The van der Waals surface area contributed by atoms with Crippen molar-refractivity contribution in [3.05, 3.63) is 71.3 Å². The van der Waals surface area contributed by atoms with E-state index in [1.807, 2.05) is 6.07 Å². The van der Waals surface area contributed by atoms with E-state index < -0.39 is 17.2 Å². The zero-order valence-electron chi connectivity index (χ0n) is 20.6. The molecular formula is C29H37F3N2. The lowest BCUT2D eigenvalue weighted by molar-refractivity contribution is -0.137. The van der Waals surface area contributed by atoms with Crippen LogP contribution in [0.2, 0.25) is 0 Å². The van der Waals surface area contributed by atoms with Gasteiger partial charge in [0, 0.05) is 18.6 Å². The Morgan fingerprint density at radius 1 is 1.00 bits per heavy atom. The van der Waals surface area contributed by atoms with Gasteiger partial charge in [0.2, 0.25) is 0 Å². The fraction of sp³-hybridized carbons (Fsp3) is 0.552. The van der Waals surface area contributed by atoms with Gasteiger partial charge in [0.1, 0.15) is 0 Å². The normalized spacial score (nSPS) is 17.3. The molecule has 0 radical (unpaired) electrons. The molecule has 5 heteroatoms. The Kier molecular flexibility index (Phi) is 8.82. The van der Waals surface area contributed by atoms with E-state index in [9.17, 15) is 18.4 Å². The van der Waals surface area contributed by atoms with Crippen LogP contribution in [-0.4, -0.2) is 23.5 Å². The van der Waals surface area contributed by atoms with Gasteiger partial charge < -0.3 is 0 Å². The lowest BCUT2D eigenvalue weighted by atomic mass is 9.60. The number of nitriles is 1. The molecule has 0 bridgehead atoms. The van der Waals surface area contributed by atoms with Crippen molar-refractivity contribution < 1.29 is 13.2 Å². The molecule has 0 amide bonds. The highest BCUT2D eigenvalue weighted by atomic mass is 19.4. The first-order chi connectivity index (χ1) is 16.2. The fourth-order valence-electron chi connectivity index (χ4n) is 5.42. The van der Waals surface area contributed by atoms with Gasteiger partial charge in [-0.15, -0.1) is 0 Å². The molecule has 2 atom stereocenters. The first kappa shape index (κ1) is 26.3. The Morgan fingerprint density at radius 3 is 2.09 bits per heavy atom. The van der Waals surface area contributed by atoms with Crippen LogP contribution in [0.3, 0.4) is 0 Å². The molecule has 184 valence electrons. The van der Waals surface area contributed by atoms with Gasteiger partial charge in [-0.05, 0) is 81.5 Å². The molecule has 0 N–H and O–H groups in total. The van der Waals surface area contributed by atoms with Crippen molar-refractivity contribution in [2.75, 3.05) is 6.54 Å². The van der Waals surface area contributed by atoms with E-state index in [2.05, 4.69) is 56.0 Å². The zero-order valence-corrected chi connectivity index (χ0v) is 20.6. The SMILES string of the molecule is CCC(CCC(C#N)(c1ccc(C(F)(F)F)cc1)C1CCC1)N(CCc1ccccc1)C(C)C. The molecule has 3 rings (SSSR count). The van der Waals surface area contributed by atoms with Gasteiger partial charge in [0.15, 0.2) is 0 Å². The Labute approximate surface area is 202 Å². The van der Waals surface area contributed by atoms with Crippen molar-refractivity contribution >= 4 is 0 Å². The summed E-state index contributed by atoms with van der Waals surface area (Å²) in [5.41, 5.74) is 0.671. The highest BCUT2D eigenvalue weighted by Gasteiger charge is 2.44.